The van der Waals surface area contributed by atoms with Crippen molar-refractivity contribution >= 4 is 22.5 Å². The second kappa shape index (κ2) is 7.27. The van der Waals surface area contributed by atoms with Crippen LogP contribution in [-0.2, 0) is 4.79 Å². The molecule has 27 heavy (non-hydrogen) atoms. The number of carbonyl (C=O) groups is 1. The van der Waals surface area contributed by atoms with Crippen molar-refractivity contribution in [3.63, 3.8) is 0 Å². The first kappa shape index (κ1) is 18.7. The summed E-state index contributed by atoms with van der Waals surface area (Å²) in [6.07, 6.45) is 1.74. The molecule has 0 saturated heterocycles. The Morgan fingerprint density at radius 2 is 1.78 bits per heavy atom. The van der Waals surface area contributed by atoms with Gasteiger partial charge in [0.2, 0.25) is 5.91 Å². The van der Waals surface area contributed by atoms with Crippen molar-refractivity contribution in [1.82, 2.24) is 4.98 Å². The highest BCUT2D eigenvalue weighted by molar-refractivity contribution is 6.04. The number of nitrogens with one attached hydrogen (secondary N) is 1. The Morgan fingerprint density at radius 3 is 2.44 bits per heavy atom. The van der Waals surface area contributed by atoms with Crippen LogP contribution in [0.2, 0.25) is 0 Å². The van der Waals surface area contributed by atoms with Crippen molar-refractivity contribution < 1.29 is 14.3 Å². The van der Waals surface area contributed by atoms with E-state index in [1.54, 1.807) is 20.4 Å². The predicted molar refractivity (Wildman–Crippen MR) is 108 cm³/mol. The molecule has 0 aliphatic rings. The maximum absolute atomic E-state index is 12.6. The van der Waals surface area contributed by atoms with E-state index in [9.17, 15) is 4.79 Å². The molecular weight excluding hydrogens is 340 g/mol. The Bertz CT molecular complexity index is 991. The summed E-state index contributed by atoms with van der Waals surface area (Å²) in [6, 6.07) is 13.4. The topological polar surface area (TPSA) is 60.5 Å². The highest BCUT2D eigenvalue weighted by Gasteiger charge is 2.23. The first-order valence-electron chi connectivity index (χ1n) is 8.76. The van der Waals surface area contributed by atoms with Gasteiger partial charge in [0.15, 0.2) is 0 Å². The van der Waals surface area contributed by atoms with Gasteiger partial charge in [-0.1, -0.05) is 26.8 Å². The van der Waals surface area contributed by atoms with Crippen LogP contribution < -0.4 is 14.8 Å². The lowest BCUT2D eigenvalue weighted by molar-refractivity contribution is -0.123. The molecule has 3 rings (SSSR count). The minimum absolute atomic E-state index is 0.0511. The van der Waals surface area contributed by atoms with Gasteiger partial charge in [0, 0.05) is 28.2 Å². The standard InChI is InChI=1S/C22H24N2O3/c1-22(2,3)21(25)24-18-10-8-14(26-4)13-17(18)15-9-11-19(27-5)20-16(15)7-6-12-23-20/h6-13H,1-5H3,(H,24,25). The fourth-order valence-electron chi connectivity index (χ4n) is 2.84. The van der Waals surface area contributed by atoms with Crippen molar-refractivity contribution in [2.75, 3.05) is 19.5 Å². The zero-order valence-corrected chi connectivity index (χ0v) is 16.3. The van der Waals surface area contributed by atoms with Crippen molar-refractivity contribution in [2.45, 2.75) is 20.8 Å². The van der Waals surface area contributed by atoms with Crippen LogP contribution in [0.25, 0.3) is 22.0 Å². The quantitative estimate of drug-likeness (QED) is 0.715. The van der Waals surface area contributed by atoms with E-state index in [-0.39, 0.29) is 5.91 Å². The second-order valence-corrected chi connectivity index (χ2v) is 7.33. The van der Waals surface area contributed by atoms with Gasteiger partial charge in [-0.15, -0.1) is 0 Å². The molecular formula is C22H24N2O3. The average molecular weight is 364 g/mol. The largest absolute Gasteiger partial charge is 0.497 e. The predicted octanol–water partition coefficient (Wildman–Crippen LogP) is 4.90. The Morgan fingerprint density at radius 1 is 1.00 bits per heavy atom. The Kier molecular flexibility index (Phi) is 5.04. The molecule has 140 valence electrons. The molecule has 0 spiro atoms. The first-order chi connectivity index (χ1) is 12.8. The number of pyridine rings is 1. The molecule has 0 saturated carbocycles. The summed E-state index contributed by atoms with van der Waals surface area (Å²) in [5, 5.41) is 3.99. The molecule has 1 N–H and O–H groups in total. The van der Waals surface area contributed by atoms with Crippen LogP contribution in [0.4, 0.5) is 5.69 Å². The third-order valence-electron chi connectivity index (χ3n) is 4.40. The molecule has 0 bridgehead atoms. The number of amides is 1. The van der Waals surface area contributed by atoms with E-state index < -0.39 is 5.41 Å². The molecule has 1 heterocycles. The van der Waals surface area contributed by atoms with E-state index in [1.165, 1.54) is 0 Å². The van der Waals surface area contributed by atoms with Crippen LogP contribution in [-0.4, -0.2) is 25.1 Å². The van der Waals surface area contributed by atoms with E-state index in [1.807, 2.05) is 63.2 Å². The van der Waals surface area contributed by atoms with Crippen molar-refractivity contribution in [3.8, 4) is 22.6 Å². The molecule has 3 aromatic rings. The third-order valence-corrected chi connectivity index (χ3v) is 4.40. The molecule has 5 nitrogen and oxygen atoms in total. The lowest BCUT2D eigenvalue weighted by atomic mass is 9.94. The van der Waals surface area contributed by atoms with E-state index >= 15 is 0 Å². The molecule has 1 amide bonds. The van der Waals surface area contributed by atoms with Crippen molar-refractivity contribution in [3.05, 3.63) is 48.7 Å². The van der Waals surface area contributed by atoms with Gasteiger partial charge in [0.25, 0.3) is 0 Å². The van der Waals surface area contributed by atoms with Crippen LogP contribution in [0.15, 0.2) is 48.7 Å². The molecule has 5 heteroatoms. The van der Waals surface area contributed by atoms with Gasteiger partial charge in [-0.2, -0.15) is 0 Å². The number of nitrogens with zero attached hydrogens (tertiary/aromatic N) is 1. The van der Waals surface area contributed by atoms with Crippen LogP contribution >= 0.6 is 0 Å². The van der Waals surface area contributed by atoms with Gasteiger partial charge in [-0.05, 0) is 42.0 Å². The number of hydrogen-bond donors (Lipinski definition) is 1. The normalized spacial score (nSPS) is 11.3. The Hall–Kier alpha value is -3.08. The minimum Gasteiger partial charge on any atom is -0.497 e. The number of benzene rings is 2. The monoisotopic (exact) mass is 364 g/mol. The van der Waals surface area contributed by atoms with Gasteiger partial charge in [-0.25, -0.2) is 0 Å². The molecule has 2 aromatic carbocycles. The molecule has 0 aliphatic heterocycles. The second-order valence-electron chi connectivity index (χ2n) is 7.33. The van der Waals surface area contributed by atoms with Crippen molar-refractivity contribution in [1.29, 1.82) is 0 Å². The van der Waals surface area contributed by atoms with E-state index in [2.05, 4.69) is 10.3 Å². The van der Waals surface area contributed by atoms with Crippen LogP contribution in [0.1, 0.15) is 20.8 Å². The lowest BCUT2D eigenvalue weighted by Crippen LogP contribution is -2.27. The van der Waals surface area contributed by atoms with Gasteiger partial charge >= 0.3 is 0 Å². The maximum Gasteiger partial charge on any atom is 0.229 e. The minimum atomic E-state index is -0.499. The fourth-order valence-corrected chi connectivity index (χ4v) is 2.84. The number of carbonyl (C=O) groups excluding carboxylic acids is 1. The van der Waals surface area contributed by atoms with Gasteiger partial charge < -0.3 is 14.8 Å². The summed E-state index contributed by atoms with van der Waals surface area (Å²) in [7, 11) is 3.25. The SMILES string of the molecule is COc1ccc(NC(=O)C(C)(C)C)c(-c2ccc(OC)c3ncccc23)c1. The fraction of sp³-hybridized carbons (Fsp3) is 0.273. The third kappa shape index (κ3) is 3.72. The van der Waals surface area contributed by atoms with Gasteiger partial charge in [0.1, 0.15) is 17.0 Å². The number of aromatic nitrogens is 1. The van der Waals surface area contributed by atoms with Crippen LogP contribution in [0.3, 0.4) is 0 Å². The summed E-state index contributed by atoms with van der Waals surface area (Å²) in [5.74, 6) is 1.37. The van der Waals surface area contributed by atoms with E-state index in [0.717, 1.165) is 27.7 Å². The summed E-state index contributed by atoms with van der Waals surface area (Å²) < 4.78 is 10.9. The molecule has 0 atom stereocenters. The summed E-state index contributed by atoms with van der Waals surface area (Å²) in [4.78, 5) is 17.0. The van der Waals surface area contributed by atoms with Crippen molar-refractivity contribution in [2.24, 2.45) is 5.41 Å². The number of hydrogen-bond acceptors (Lipinski definition) is 4. The number of rotatable bonds is 4. The number of fused-ring (bicyclic) bond motifs is 1. The first-order valence-corrected chi connectivity index (χ1v) is 8.76. The smallest absolute Gasteiger partial charge is 0.229 e. The summed E-state index contributed by atoms with van der Waals surface area (Å²) in [5.41, 5.74) is 2.81. The zero-order chi connectivity index (χ0) is 19.6. The van der Waals surface area contributed by atoms with Gasteiger partial charge in [0.05, 0.1) is 14.2 Å². The van der Waals surface area contributed by atoms with E-state index in [4.69, 9.17) is 9.47 Å². The van der Waals surface area contributed by atoms with Crippen LogP contribution in [0.5, 0.6) is 11.5 Å². The zero-order valence-electron chi connectivity index (χ0n) is 16.3. The number of ether oxygens (including phenoxy) is 2. The maximum atomic E-state index is 12.6. The molecule has 0 aliphatic carbocycles. The number of methoxy groups -OCH3 is 2. The average Bonchev–Trinajstić information content (AvgIpc) is 2.66. The number of anilines is 1. The summed E-state index contributed by atoms with van der Waals surface area (Å²) in [6.45, 7) is 5.66. The molecule has 0 unspecified atom stereocenters. The lowest BCUT2D eigenvalue weighted by Gasteiger charge is -2.20. The highest BCUT2D eigenvalue weighted by atomic mass is 16.5. The highest BCUT2D eigenvalue weighted by Crippen LogP contribution is 2.38. The van der Waals surface area contributed by atoms with Crippen LogP contribution in [0, 0.1) is 5.41 Å². The Balaban J connectivity index is 2.22. The Labute approximate surface area is 159 Å². The van der Waals surface area contributed by atoms with Gasteiger partial charge in [-0.3, -0.25) is 9.78 Å². The molecule has 0 fully saturated rings. The van der Waals surface area contributed by atoms with E-state index in [0.29, 0.717) is 11.5 Å². The molecule has 0 radical (unpaired) electrons. The summed E-state index contributed by atoms with van der Waals surface area (Å²) >= 11 is 0. The molecule has 1 aromatic heterocycles.